The molecule has 0 bridgehead atoms. The van der Waals surface area contributed by atoms with Gasteiger partial charge in [0.05, 0.1) is 0 Å². The van der Waals surface area contributed by atoms with Gasteiger partial charge in [0.2, 0.25) is 0 Å². The summed E-state index contributed by atoms with van der Waals surface area (Å²) >= 11 is 0. The summed E-state index contributed by atoms with van der Waals surface area (Å²) < 4.78 is 5.40. The summed E-state index contributed by atoms with van der Waals surface area (Å²) in [6.45, 7) is 11.6. The Morgan fingerprint density at radius 1 is 1.14 bits per heavy atom. The van der Waals surface area contributed by atoms with E-state index in [1.54, 1.807) is 11.0 Å². The van der Waals surface area contributed by atoms with Gasteiger partial charge in [-0.3, -0.25) is 0 Å². The molecule has 0 aromatic heterocycles. The predicted octanol–water partition coefficient (Wildman–Crippen LogP) is 5.03. The number of carbonyl (C=O) groups is 1. The maximum atomic E-state index is 12.2. The Labute approximate surface area is 133 Å². The molecule has 22 heavy (non-hydrogen) atoms. The van der Waals surface area contributed by atoms with E-state index in [4.69, 9.17) is 4.74 Å². The van der Waals surface area contributed by atoms with Gasteiger partial charge in [-0.15, -0.1) is 0 Å². The maximum absolute atomic E-state index is 12.2. The smallest absolute Gasteiger partial charge is 0.410 e. The Morgan fingerprint density at radius 2 is 1.73 bits per heavy atom. The molecule has 0 unspecified atom stereocenters. The average Bonchev–Trinajstić information content (AvgIpc) is 2.46. The highest BCUT2D eigenvalue weighted by atomic mass is 16.6. The highest BCUT2D eigenvalue weighted by Gasteiger charge is 2.21. The topological polar surface area (TPSA) is 29.5 Å². The zero-order chi connectivity index (χ0) is 16.5. The van der Waals surface area contributed by atoms with Crippen LogP contribution in [0, 0.1) is 0 Å². The van der Waals surface area contributed by atoms with Gasteiger partial charge in [0, 0.05) is 12.1 Å². The number of allylic oxidation sites excluding steroid dienone is 3. The van der Waals surface area contributed by atoms with Crippen LogP contribution in [0.3, 0.4) is 0 Å². The van der Waals surface area contributed by atoms with Crippen molar-refractivity contribution in [1.82, 2.24) is 4.90 Å². The van der Waals surface area contributed by atoms with E-state index in [0.717, 1.165) is 5.56 Å². The van der Waals surface area contributed by atoms with Gasteiger partial charge < -0.3 is 9.64 Å². The van der Waals surface area contributed by atoms with Crippen LogP contribution >= 0.6 is 0 Å². The van der Waals surface area contributed by atoms with E-state index in [0.29, 0.717) is 5.76 Å². The fourth-order valence-corrected chi connectivity index (χ4v) is 2.13. The number of hydrogen-bond acceptors (Lipinski definition) is 2. The summed E-state index contributed by atoms with van der Waals surface area (Å²) in [4.78, 5) is 13.9. The average molecular weight is 299 g/mol. The number of carbonyl (C=O) groups excluding carboxylic acids is 1. The van der Waals surface area contributed by atoms with Gasteiger partial charge >= 0.3 is 6.09 Å². The van der Waals surface area contributed by atoms with Crippen molar-refractivity contribution in [1.29, 1.82) is 0 Å². The molecule has 3 heteroatoms. The second-order valence-corrected chi connectivity index (χ2v) is 5.51. The third-order valence-electron chi connectivity index (χ3n) is 3.08. The molecule has 0 aliphatic heterocycles. The maximum Gasteiger partial charge on any atom is 0.415 e. The van der Waals surface area contributed by atoms with Crippen LogP contribution in [0.4, 0.5) is 4.79 Å². The van der Waals surface area contributed by atoms with Gasteiger partial charge in [-0.1, -0.05) is 49.1 Å². The van der Waals surface area contributed by atoms with Crippen LogP contribution in [0.1, 0.15) is 33.3 Å². The van der Waals surface area contributed by atoms with Crippen LogP contribution < -0.4 is 0 Å². The van der Waals surface area contributed by atoms with E-state index >= 15 is 0 Å². The summed E-state index contributed by atoms with van der Waals surface area (Å²) in [7, 11) is 0. The molecular weight excluding hydrogens is 274 g/mol. The van der Waals surface area contributed by atoms with Gasteiger partial charge in [-0.2, -0.15) is 0 Å². The van der Waals surface area contributed by atoms with Gasteiger partial charge in [-0.25, -0.2) is 4.79 Å². The lowest BCUT2D eigenvalue weighted by Crippen LogP contribution is -2.42. The monoisotopic (exact) mass is 299 g/mol. The number of amides is 1. The van der Waals surface area contributed by atoms with Gasteiger partial charge in [0.25, 0.3) is 0 Å². The fourth-order valence-electron chi connectivity index (χ4n) is 2.13. The Morgan fingerprint density at radius 3 is 2.23 bits per heavy atom. The first-order valence-electron chi connectivity index (χ1n) is 7.51. The molecule has 1 aromatic rings. The molecule has 0 N–H and O–H groups in total. The van der Waals surface area contributed by atoms with Crippen molar-refractivity contribution >= 4 is 12.2 Å². The lowest BCUT2D eigenvalue weighted by atomic mass is 10.2. The van der Waals surface area contributed by atoms with Crippen LogP contribution in [0.2, 0.25) is 0 Å². The zero-order valence-corrected chi connectivity index (χ0v) is 13.8. The van der Waals surface area contributed by atoms with Crippen molar-refractivity contribution in [2.45, 2.75) is 39.8 Å². The summed E-state index contributed by atoms with van der Waals surface area (Å²) in [5.41, 5.74) is 1.08. The normalized spacial score (nSPS) is 12.0. The molecule has 0 heterocycles. The molecule has 118 valence electrons. The molecule has 1 rings (SSSR count). The van der Waals surface area contributed by atoms with E-state index in [-0.39, 0.29) is 18.2 Å². The molecule has 0 saturated carbocycles. The quantitative estimate of drug-likeness (QED) is 0.545. The standard InChI is InChI=1S/C19H25NO2/c1-6-18(14-10-13-17-11-8-7-9-12-17)22-19(21)20(15(2)3)16(4)5/h6-16H,1H2,2-5H3/b13-10+,18-14-. The highest BCUT2D eigenvalue weighted by Crippen LogP contribution is 2.11. The van der Waals surface area contributed by atoms with Crippen LogP contribution in [0.25, 0.3) is 6.08 Å². The second kappa shape index (κ2) is 8.88. The first-order valence-corrected chi connectivity index (χ1v) is 7.51. The van der Waals surface area contributed by atoms with Crippen LogP contribution in [0.15, 0.2) is 60.9 Å². The van der Waals surface area contributed by atoms with E-state index in [1.807, 2.05) is 70.2 Å². The van der Waals surface area contributed by atoms with E-state index in [9.17, 15) is 4.79 Å². The molecule has 0 atom stereocenters. The summed E-state index contributed by atoms with van der Waals surface area (Å²) in [6, 6.07) is 10.1. The Bertz CT molecular complexity index is 534. The predicted molar refractivity (Wildman–Crippen MR) is 92.3 cm³/mol. The molecule has 0 saturated heterocycles. The van der Waals surface area contributed by atoms with Crippen molar-refractivity contribution in [2.24, 2.45) is 0 Å². The molecule has 0 aliphatic rings. The number of benzene rings is 1. The third kappa shape index (κ3) is 5.60. The van der Waals surface area contributed by atoms with Gasteiger partial charge in [-0.05, 0) is 45.4 Å². The minimum absolute atomic E-state index is 0.0819. The van der Waals surface area contributed by atoms with Crippen LogP contribution in [-0.2, 0) is 4.74 Å². The number of rotatable bonds is 6. The highest BCUT2D eigenvalue weighted by molar-refractivity contribution is 5.70. The molecule has 0 aliphatic carbocycles. The molecule has 0 radical (unpaired) electrons. The van der Waals surface area contributed by atoms with Gasteiger partial charge in [0.1, 0.15) is 5.76 Å². The lowest BCUT2D eigenvalue weighted by Gasteiger charge is -2.29. The Kier molecular flexibility index (Phi) is 7.17. The van der Waals surface area contributed by atoms with Crippen LogP contribution in [0.5, 0.6) is 0 Å². The Balaban J connectivity index is 2.75. The molecule has 0 fully saturated rings. The number of ether oxygens (including phenoxy) is 1. The van der Waals surface area contributed by atoms with Crippen molar-refractivity contribution < 1.29 is 9.53 Å². The Hall–Kier alpha value is -2.29. The largest absolute Gasteiger partial charge is 0.415 e. The summed E-state index contributed by atoms with van der Waals surface area (Å²) in [5, 5.41) is 0. The summed E-state index contributed by atoms with van der Waals surface area (Å²) in [5.74, 6) is 0.434. The lowest BCUT2D eigenvalue weighted by molar-refractivity contribution is 0.104. The molecule has 3 nitrogen and oxygen atoms in total. The minimum atomic E-state index is -0.357. The third-order valence-corrected chi connectivity index (χ3v) is 3.08. The molecule has 0 spiro atoms. The van der Waals surface area contributed by atoms with E-state index in [2.05, 4.69) is 6.58 Å². The van der Waals surface area contributed by atoms with Crippen molar-refractivity contribution in [3.05, 3.63) is 66.5 Å². The molecule has 1 aromatic carbocycles. The number of nitrogens with zero attached hydrogens (tertiary/aromatic N) is 1. The van der Waals surface area contributed by atoms with Crippen LogP contribution in [-0.4, -0.2) is 23.1 Å². The van der Waals surface area contributed by atoms with Crippen molar-refractivity contribution in [2.75, 3.05) is 0 Å². The zero-order valence-electron chi connectivity index (χ0n) is 13.8. The minimum Gasteiger partial charge on any atom is -0.410 e. The molecule has 1 amide bonds. The van der Waals surface area contributed by atoms with Gasteiger partial charge in [0.15, 0.2) is 0 Å². The second-order valence-electron chi connectivity index (χ2n) is 5.51. The number of hydrogen-bond donors (Lipinski definition) is 0. The van der Waals surface area contributed by atoms with Crippen molar-refractivity contribution in [3.8, 4) is 0 Å². The van der Waals surface area contributed by atoms with Crippen molar-refractivity contribution in [3.63, 3.8) is 0 Å². The van der Waals surface area contributed by atoms with E-state index in [1.165, 1.54) is 6.08 Å². The SMILES string of the molecule is C=C/C(=C/C=C/c1ccccc1)OC(=O)N(C(C)C)C(C)C. The first-order chi connectivity index (χ1) is 10.5. The fraction of sp³-hybridized carbons (Fsp3) is 0.316. The van der Waals surface area contributed by atoms with E-state index < -0.39 is 0 Å². The molecular formula is C19H25NO2. The first kappa shape index (κ1) is 17.8. The summed E-state index contributed by atoms with van der Waals surface area (Å²) in [6.07, 6.45) is 6.70.